The van der Waals surface area contributed by atoms with Gasteiger partial charge in [-0.15, -0.1) is 0 Å². The molecule has 0 spiro atoms. The lowest BCUT2D eigenvalue weighted by Crippen LogP contribution is -2.05. The molecule has 30 rings (SSSR count). The van der Waals surface area contributed by atoms with Crippen LogP contribution in [0.3, 0.4) is 0 Å². The van der Waals surface area contributed by atoms with Gasteiger partial charge < -0.3 is 36.5 Å². The van der Waals surface area contributed by atoms with Crippen LogP contribution >= 0.6 is 0 Å². The Bertz CT molecular complexity index is 9900. The van der Waals surface area contributed by atoms with Crippen molar-refractivity contribution in [3.63, 3.8) is 0 Å². The average Bonchev–Trinajstić information content (AvgIpc) is 1.55. The van der Waals surface area contributed by atoms with Crippen LogP contribution < -0.4 is 0 Å². The van der Waals surface area contributed by atoms with Crippen LogP contribution in [0.5, 0.6) is 0 Å². The highest BCUT2D eigenvalue weighted by Crippen LogP contribution is 2.51. The Labute approximate surface area is 800 Å². The number of benzene rings is 19. The Morgan fingerprint density at radius 2 is 0.343 bits per heavy atom. The highest BCUT2D eigenvalue weighted by atomic mass is 15.1. The quantitative estimate of drug-likeness (QED) is 0.114. The van der Waals surface area contributed by atoms with E-state index in [-0.39, 0.29) is 0 Å². The summed E-state index contributed by atoms with van der Waals surface area (Å²) in [4.78, 5) is 27.8. The number of hydrogen-bond donors (Lipinski definition) is 0. The molecule has 0 aliphatic heterocycles. The highest BCUT2D eigenvalue weighted by Gasteiger charge is 2.31. The van der Waals surface area contributed by atoms with Crippen molar-refractivity contribution < 1.29 is 0 Å². The Balaban J connectivity index is 0.686. The van der Waals surface area contributed by atoms with Crippen molar-refractivity contribution in [2.75, 3.05) is 0 Å². The molecular formula is C127H77N13. The van der Waals surface area contributed by atoms with Crippen molar-refractivity contribution in [3.05, 3.63) is 468 Å². The van der Waals surface area contributed by atoms with E-state index in [2.05, 4.69) is 486 Å². The summed E-state index contributed by atoms with van der Waals surface area (Å²) in [5.41, 5.74) is 31.4. The maximum Gasteiger partial charge on any atom is 0.164 e. The van der Waals surface area contributed by atoms with Gasteiger partial charge in [-0.3, -0.25) is 9.97 Å². The maximum atomic E-state index is 5.92. The van der Waals surface area contributed by atoms with Gasteiger partial charge in [0.1, 0.15) is 0 Å². The number of rotatable bonds is 13. The Kier molecular flexibility index (Phi) is 16.7. The topological polar surface area (TPSA) is 104 Å². The summed E-state index contributed by atoms with van der Waals surface area (Å²) < 4.78 is 19.6. The van der Waals surface area contributed by atoms with Crippen LogP contribution in [0.15, 0.2) is 468 Å². The van der Waals surface area contributed by atoms with Crippen LogP contribution in [-0.2, 0) is 0 Å². The van der Waals surface area contributed by atoms with Crippen molar-refractivity contribution in [2.24, 2.45) is 0 Å². The number of para-hydroxylation sites is 12. The van der Waals surface area contributed by atoms with Crippen molar-refractivity contribution in [2.45, 2.75) is 0 Å². The molecule has 0 N–H and O–H groups in total. The van der Waals surface area contributed by atoms with E-state index in [1.165, 1.54) is 43.1 Å². The van der Waals surface area contributed by atoms with E-state index in [1.54, 1.807) is 0 Å². The van der Waals surface area contributed by atoms with Crippen LogP contribution in [0.25, 0.3) is 276 Å². The van der Waals surface area contributed by atoms with Crippen LogP contribution in [0.1, 0.15) is 0 Å². The molecule has 0 aliphatic carbocycles. The van der Waals surface area contributed by atoms with Gasteiger partial charge in [0.05, 0.1) is 111 Å². The standard InChI is InChI=1S/C127H77N13/c1-6-32-78(33-7-1)125-130-126(79-58-60-113(137-109-54-28-20-46-89(109)99-68-95-85-42-16-24-50-105(85)133(117(95)72-121(99)137)81-34-8-2-9-35-81)93(66-79)103-76-128-64-62-115(103)139-111-56-30-22-48-91(111)101-70-97-87-44-18-26-52-107(87)135(119(97)74-123(101)139)83-38-12-4-13-39-83)132-127(131-125)80-59-61-114(138-110-55-29-21-47-90(110)100-69-96-86-43-17-25-51-106(86)134(118(96)73-122(100)138)82-36-10-3-11-37-82)94(67-80)104-77-129-65-63-116(104)140-112-57-31-23-49-92(112)102-71-98-88-45-19-27-53-108(88)136(120(98)75-124(102)140)84-40-14-5-15-41-84/h1-77H. The van der Waals surface area contributed by atoms with Gasteiger partial charge in [0.15, 0.2) is 17.5 Å². The first-order valence-corrected chi connectivity index (χ1v) is 47.6. The molecule has 0 saturated carbocycles. The second kappa shape index (κ2) is 30.2. The van der Waals surface area contributed by atoms with E-state index >= 15 is 0 Å². The van der Waals surface area contributed by atoms with Gasteiger partial charge in [-0.1, -0.05) is 249 Å². The summed E-state index contributed by atoms with van der Waals surface area (Å²) in [7, 11) is 0. The molecular weight excluding hydrogens is 1710 g/mol. The first-order chi connectivity index (χ1) is 69.5. The van der Waals surface area contributed by atoms with Crippen LogP contribution in [0.2, 0.25) is 0 Å². The Morgan fingerprint density at radius 3 is 0.600 bits per heavy atom. The summed E-state index contributed by atoms with van der Waals surface area (Å²) in [5, 5.41) is 18.5. The molecule has 0 atom stereocenters. The zero-order valence-corrected chi connectivity index (χ0v) is 75.3. The zero-order chi connectivity index (χ0) is 91.5. The van der Waals surface area contributed by atoms with Gasteiger partial charge in [-0.25, -0.2) is 15.0 Å². The lowest BCUT2D eigenvalue weighted by molar-refractivity contribution is 1.07. The van der Waals surface area contributed by atoms with E-state index < -0.39 is 0 Å². The summed E-state index contributed by atoms with van der Waals surface area (Å²) in [6, 6.07) is 162. The molecule has 140 heavy (non-hydrogen) atoms. The number of pyridine rings is 2. The number of aromatic nitrogens is 13. The number of hydrogen-bond acceptors (Lipinski definition) is 5. The molecule has 0 saturated heterocycles. The second-order valence-electron chi connectivity index (χ2n) is 36.6. The monoisotopic (exact) mass is 1780 g/mol. The third-order valence-electron chi connectivity index (χ3n) is 29.2. The van der Waals surface area contributed by atoms with Crippen LogP contribution in [0.4, 0.5) is 0 Å². The molecule has 19 aromatic carbocycles. The lowest BCUT2D eigenvalue weighted by atomic mass is 9.98. The summed E-state index contributed by atoms with van der Waals surface area (Å²) in [5.74, 6) is 1.48. The minimum Gasteiger partial charge on any atom is -0.309 e. The van der Waals surface area contributed by atoms with Crippen molar-refractivity contribution in [1.29, 1.82) is 0 Å². The molecule has 13 nitrogen and oxygen atoms in total. The molecule has 0 bridgehead atoms. The first-order valence-electron chi connectivity index (χ1n) is 47.6. The van der Waals surface area contributed by atoms with E-state index in [9.17, 15) is 0 Å². The Morgan fingerprint density at radius 1 is 0.136 bits per heavy atom. The van der Waals surface area contributed by atoms with E-state index in [1.807, 2.05) is 18.5 Å². The van der Waals surface area contributed by atoms with Gasteiger partial charge >= 0.3 is 0 Å². The predicted molar refractivity (Wildman–Crippen MR) is 577 cm³/mol. The van der Waals surface area contributed by atoms with E-state index in [4.69, 9.17) is 24.9 Å². The van der Waals surface area contributed by atoms with Gasteiger partial charge in [-0.2, -0.15) is 0 Å². The average molecular weight is 1790 g/mol. The molecule has 11 heterocycles. The van der Waals surface area contributed by atoms with Gasteiger partial charge in [-0.05, 0) is 194 Å². The van der Waals surface area contributed by atoms with Gasteiger partial charge in [0.2, 0.25) is 0 Å². The Hall–Kier alpha value is -19.1. The van der Waals surface area contributed by atoms with Crippen LogP contribution in [0, 0.1) is 0 Å². The third kappa shape index (κ3) is 11.4. The normalized spacial score (nSPS) is 12.1. The minimum atomic E-state index is 0.480. The van der Waals surface area contributed by atoms with Gasteiger partial charge in [0.25, 0.3) is 0 Å². The fourth-order valence-corrected chi connectivity index (χ4v) is 23.3. The predicted octanol–water partition coefficient (Wildman–Crippen LogP) is 31.8. The fourth-order valence-electron chi connectivity index (χ4n) is 23.3. The summed E-state index contributed by atoms with van der Waals surface area (Å²) in [6.45, 7) is 0. The van der Waals surface area contributed by atoms with Gasteiger partial charge in [0, 0.05) is 173 Å². The lowest BCUT2D eigenvalue weighted by Gasteiger charge is -2.20. The largest absolute Gasteiger partial charge is 0.309 e. The third-order valence-corrected chi connectivity index (χ3v) is 29.2. The number of nitrogens with zero attached hydrogens (tertiary/aromatic N) is 13. The van der Waals surface area contributed by atoms with E-state index in [0.717, 1.165) is 216 Å². The smallest absolute Gasteiger partial charge is 0.164 e. The molecule has 0 aliphatic rings. The molecule has 0 fully saturated rings. The van der Waals surface area contributed by atoms with Crippen molar-refractivity contribution in [3.8, 4) is 102 Å². The van der Waals surface area contributed by atoms with Crippen molar-refractivity contribution >= 4 is 174 Å². The molecule has 0 amide bonds. The molecule has 11 aromatic heterocycles. The SMILES string of the molecule is c1ccc(-c2nc(-c3ccc(-n4c5ccccc5c5cc6c7ccccc7n(-c7ccccc7)c6cc54)c(-c4cnccc4-n4c5ccccc5c5cc6c7ccccc7n(-c7ccccc7)c6cc54)c3)nc(-c3ccc(-n4c5ccccc5c5cc6c7ccccc7n(-c7ccccc7)c6cc54)c(-c4cnccc4-n4c5ccccc5c5cc6c7ccccc7n(-c7ccccc7)c6cc54)c3)n2)cc1. The summed E-state index contributed by atoms with van der Waals surface area (Å²) in [6.07, 6.45) is 8.02. The van der Waals surface area contributed by atoms with Crippen LogP contribution in [-0.4, -0.2) is 61.5 Å². The molecule has 13 heteroatoms. The minimum absolute atomic E-state index is 0.480. The zero-order valence-electron chi connectivity index (χ0n) is 75.3. The fraction of sp³-hybridized carbons (Fsp3) is 0. The van der Waals surface area contributed by atoms with Crippen molar-refractivity contribution in [1.82, 2.24) is 61.5 Å². The molecule has 0 radical (unpaired) electrons. The maximum absolute atomic E-state index is 5.92. The van der Waals surface area contributed by atoms with E-state index in [0.29, 0.717) is 17.5 Å². The molecule has 30 aromatic rings. The molecule has 0 unspecified atom stereocenters. The molecule has 650 valence electrons. The summed E-state index contributed by atoms with van der Waals surface area (Å²) >= 11 is 0. The second-order valence-corrected chi connectivity index (χ2v) is 36.6. The number of fused-ring (bicyclic) bond motifs is 24. The first kappa shape index (κ1) is 77.3. The highest BCUT2D eigenvalue weighted by molar-refractivity contribution is 6.25.